The van der Waals surface area contributed by atoms with Crippen LogP contribution in [0.25, 0.3) is 0 Å². The van der Waals surface area contributed by atoms with Gasteiger partial charge < -0.3 is 20.3 Å². The summed E-state index contributed by atoms with van der Waals surface area (Å²) < 4.78 is 5.48. The minimum Gasteiger partial charge on any atom is -0.444 e. The first-order valence-corrected chi connectivity index (χ1v) is 15.0. The summed E-state index contributed by atoms with van der Waals surface area (Å²) in [7, 11) is 0. The molecule has 0 saturated carbocycles. The molecular formula is C30H51N3O4S. The second-order valence-electron chi connectivity index (χ2n) is 12.6. The molecule has 0 saturated heterocycles. The highest BCUT2D eigenvalue weighted by Gasteiger charge is 2.39. The van der Waals surface area contributed by atoms with Gasteiger partial charge in [0, 0.05) is 11.6 Å². The molecule has 3 amide bonds. The summed E-state index contributed by atoms with van der Waals surface area (Å²) in [6, 6.07) is 5.83. The number of ether oxygens (including phenoxy) is 1. The van der Waals surface area contributed by atoms with Crippen molar-refractivity contribution in [3.63, 3.8) is 0 Å². The zero-order valence-corrected chi connectivity index (χ0v) is 26.3. The molecule has 0 aliphatic carbocycles. The van der Waals surface area contributed by atoms with Crippen molar-refractivity contribution in [2.45, 2.75) is 118 Å². The fourth-order valence-electron chi connectivity index (χ4n) is 4.06. The molecule has 0 spiro atoms. The summed E-state index contributed by atoms with van der Waals surface area (Å²) in [5.41, 5.74) is 0.628. The number of aryl methyl sites for hydroxylation is 1. The van der Waals surface area contributed by atoms with Gasteiger partial charge in [-0.05, 0) is 98.1 Å². The average molecular weight is 550 g/mol. The van der Waals surface area contributed by atoms with Crippen molar-refractivity contribution in [3.8, 4) is 0 Å². The fourth-order valence-corrected chi connectivity index (χ4v) is 4.53. The number of carbonyl (C=O) groups excluding carboxylic acids is 3. The number of carbonyl (C=O) groups is 3. The van der Waals surface area contributed by atoms with Crippen LogP contribution in [0.4, 0.5) is 4.79 Å². The van der Waals surface area contributed by atoms with E-state index in [4.69, 9.17) is 4.74 Å². The van der Waals surface area contributed by atoms with E-state index in [9.17, 15) is 14.4 Å². The van der Waals surface area contributed by atoms with Crippen molar-refractivity contribution in [1.82, 2.24) is 15.5 Å². The Balaban J connectivity index is 3.61. The van der Waals surface area contributed by atoms with Gasteiger partial charge in [-0.1, -0.05) is 43.7 Å². The Kier molecular flexibility index (Phi) is 13.2. The third-order valence-electron chi connectivity index (χ3n) is 5.91. The Morgan fingerprint density at radius 1 is 0.947 bits per heavy atom. The van der Waals surface area contributed by atoms with Crippen LogP contribution in [0.3, 0.4) is 0 Å². The maximum Gasteiger partial charge on any atom is 0.408 e. The van der Waals surface area contributed by atoms with Gasteiger partial charge in [0.15, 0.2) is 0 Å². The Morgan fingerprint density at radius 3 is 2.00 bits per heavy atom. The summed E-state index contributed by atoms with van der Waals surface area (Å²) in [5, 5.41) is 5.91. The van der Waals surface area contributed by atoms with Crippen molar-refractivity contribution in [3.05, 3.63) is 35.4 Å². The monoisotopic (exact) mass is 549 g/mol. The number of nitrogens with zero attached hydrogens (tertiary/aromatic N) is 1. The molecule has 7 nitrogen and oxygen atoms in total. The van der Waals surface area contributed by atoms with E-state index in [1.165, 1.54) is 0 Å². The lowest BCUT2D eigenvalue weighted by Crippen LogP contribution is -2.57. The molecule has 1 aromatic carbocycles. The molecule has 0 bridgehead atoms. The Labute approximate surface area is 235 Å². The first kappa shape index (κ1) is 33.8. The number of benzene rings is 1. The number of thioether (sulfide) groups is 1. The van der Waals surface area contributed by atoms with Crippen LogP contribution in [-0.4, -0.2) is 58.0 Å². The molecule has 216 valence electrons. The minimum atomic E-state index is -0.846. The highest BCUT2D eigenvalue weighted by atomic mass is 32.2. The van der Waals surface area contributed by atoms with E-state index in [2.05, 4.69) is 24.5 Å². The Morgan fingerprint density at radius 2 is 1.53 bits per heavy atom. The summed E-state index contributed by atoms with van der Waals surface area (Å²) in [5.74, 6) is 0.592. The van der Waals surface area contributed by atoms with Crippen molar-refractivity contribution < 1.29 is 19.1 Å². The third-order valence-corrected chi connectivity index (χ3v) is 6.55. The van der Waals surface area contributed by atoms with E-state index >= 15 is 0 Å². The van der Waals surface area contributed by atoms with Gasteiger partial charge in [0.2, 0.25) is 11.8 Å². The molecule has 0 fully saturated rings. The van der Waals surface area contributed by atoms with Crippen molar-refractivity contribution in [1.29, 1.82) is 0 Å². The maximum absolute atomic E-state index is 14.4. The number of hydrogen-bond acceptors (Lipinski definition) is 5. The van der Waals surface area contributed by atoms with E-state index in [-0.39, 0.29) is 17.9 Å². The minimum absolute atomic E-state index is 0.237. The van der Waals surface area contributed by atoms with Crippen LogP contribution in [0.2, 0.25) is 0 Å². The molecule has 0 aromatic heterocycles. The summed E-state index contributed by atoms with van der Waals surface area (Å²) >= 11 is 1.60. The van der Waals surface area contributed by atoms with Crippen LogP contribution in [0.15, 0.2) is 24.3 Å². The van der Waals surface area contributed by atoms with Crippen LogP contribution in [0.1, 0.15) is 98.7 Å². The van der Waals surface area contributed by atoms with E-state index in [0.29, 0.717) is 18.1 Å². The number of amides is 3. The van der Waals surface area contributed by atoms with E-state index < -0.39 is 29.3 Å². The largest absolute Gasteiger partial charge is 0.444 e. The van der Waals surface area contributed by atoms with Gasteiger partial charge in [-0.15, -0.1) is 0 Å². The summed E-state index contributed by atoms with van der Waals surface area (Å²) in [4.78, 5) is 42.7. The van der Waals surface area contributed by atoms with Crippen LogP contribution in [0.5, 0.6) is 0 Å². The second kappa shape index (κ2) is 14.8. The standard InChI is InChI=1S/C30H51N3O4S/c1-20(2)12-15-22(4)33(27(35)24(18-19-38-11)31-28(36)37-30(8,9)10)25(26(34)32-29(5,6)7)23-16-13-21(3)14-17-23/h13-14,16-17,20,22,24-25H,12,15,18-19H2,1-11H3,(H,31,36)(H,32,34). The molecule has 38 heavy (non-hydrogen) atoms. The number of rotatable bonds is 12. The molecular weight excluding hydrogens is 498 g/mol. The van der Waals surface area contributed by atoms with E-state index in [0.717, 1.165) is 24.0 Å². The highest BCUT2D eigenvalue weighted by Crippen LogP contribution is 2.29. The van der Waals surface area contributed by atoms with Crippen LogP contribution in [0, 0.1) is 12.8 Å². The van der Waals surface area contributed by atoms with Gasteiger partial charge in [0.25, 0.3) is 0 Å². The first-order valence-electron chi connectivity index (χ1n) is 13.6. The molecule has 3 atom stereocenters. The quantitative estimate of drug-likeness (QED) is 0.322. The SMILES string of the molecule is CSCCC(NC(=O)OC(C)(C)C)C(=O)N(C(C)CCC(C)C)C(C(=O)NC(C)(C)C)c1ccc(C)cc1. The van der Waals surface area contributed by atoms with Gasteiger partial charge in [0.05, 0.1) is 0 Å². The van der Waals surface area contributed by atoms with Crippen molar-refractivity contribution >= 4 is 29.7 Å². The Hall–Kier alpha value is -2.22. The van der Waals surface area contributed by atoms with E-state index in [1.807, 2.05) is 65.1 Å². The lowest BCUT2D eigenvalue weighted by molar-refractivity contribution is -0.145. The topological polar surface area (TPSA) is 87.7 Å². The lowest BCUT2D eigenvalue weighted by Gasteiger charge is -2.40. The van der Waals surface area contributed by atoms with Gasteiger partial charge in [-0.2, -0.15) is 11.8 Å². The number of nitrogens with one attached hydrogen (secondary N) is 2. The van der Waals surface area contributed by atoms with E-state index in [1.54, 1.807) is 37.4 Å². The van der Waals surface area contributed by atoms with Crippen LogP contribution < -0.4 is 10.6 Å². The van der Waals surface area contributed by atoms with Crippen molar-refractivity contribution in [2.24, 2.45) is 5.92 Å². The summed E-state index contributed by atoms with van der Waals surface area (Å²) in [6.45, 7) is 19.4. The molecule has 1 rings (SSSR count). The molecule has 8 heteroatoms. The smallest absolute Gasteiger partial charge is 0.408 e. The number of alkyl carbamates (subject to hydrolysis) is 1. The normalized spacial score (nSPS) is 14.4. The molecule has 0 aliphatic rings. The van der Waals surface area contributed by atoms with Gasteiger partial charge >= 0.3 is 6.09 Å². The highest BCUT2D eigenvalue weighted by molar-refractivity contribution is 7.98. The molecule has 0 heterocycles. The lowest BCUT2D eigenvalue weighted by atomic mass is 9.95. The Bertz CT molecular complexity index is 904. The average Bonchev–Trinajstić information content (AvgIpc) is 2.76. The zero-order chi connectivity index (χ0) is 29.3. The third kappa shape index (κ3) is 12.1. The fraction of sp³-hybridized carbons (Fsp3) is 0.700. The van der Waals surface area contributed by atoms with Gasteiger partial charge in [-0.25, -0.2) is 4.79 Å². The molecule has 2 N–H and O–H groups in total. The maximum atomic E-state index is 14.4. The summed E-state index contributed by atoms with van der Waals surface area (Å²) in [6.07, 6.45) is 3.38. The second-order valence-corrected chi connectivity index (χ2v) is 13.6. The zero-order valence-electron chi connectivity index (χ0n) is 25.4. The molecule has 0 aliphatic heterocycles. The predicted octanol–water partition coefficient (Wildman–Crippen LogP) is 6.25. The van der Waals surface area contributed by atoms with Gasteiger partial charge in [-0.3, -0.25) is 9.59 Å². The first-order chi connectivity index (χ1) is 17.4. The van der Waals surface area contributed by atoms with Crippen LogP contribution >= 0.6 is 11.8 Å². The molecule has 0 radical (unpaired) electrons. The van der Waals surface area contributed by atoms with Crippen molar-refractivity contribution in [2.75, 3.05) is 12.0 Å². The predicted molar refractivity (Wildman–Crippen MR) is 158 cm³/mol. The molecule has 1 aromatic rings. The van der Waals surface area contributed by atoms with Gasteiger partial charge in [0.1, 0.15) is 17.7 Å². The molecule has 3 unspecified atom stereocenters. The van der Waals surface area contributed by atoms with Crippen LogP contribution in [-0.2, 0) is 14.3 Å². The number of hydrogen-bond donors (Lipinski definition) is 2.